The highest BCUT2D eigenvalue weighted by atomic mass is 79.9. The van der Waals surface area contributed by atoms with E-state index in [1.54, 1.807) is 0 Å². The van der Waals surface area contributed by atoms with Gasteiger partial charge in [0.15, 0.2) is 0 Å². The number of rotatable bonds is 6. The molecule has 0 amide bonds. The van der Waals surface area contributed by atoms with Crippen molar-refractivity contribution >= 4 is 15.9 Å². The Hall–Kier alpha value is -1.19. The standard InChI is InChI=1S/C18H21BrN2/c1-2-10-20-17(18-16(19)9-6-11-21-18)15-12-14(15)13-7-4-3-5-8-13/h3-9,11,14-15,17,20H,2,10,12H2,1H3. The van der Waals surface area contributed by atoms with E-state index < -0.39 is 0 Å². The van der Waals surface area contributed by atoms with Crippen LogP contribution in [-0.2, 0) is 0 Å². The molecule has 21 heavy (non-hydrogen) atoms. The van der Waals surface area contributed by atoms with Gasteiger partial charge in [0.2, 0.25) is 0 Å². The number of halogens is 1. The fourth-order valence-corrected chi connectivity index (χ4v) is 3.55. The van der Waals surface area contributed by atoms with Crippen molar-refractivity contribution in [1.29, 1.82) is 0 Å². The Balaban J connectivity index is 1.80. The molecule has 1 N–H and O–H groups in total. The first-order chi connectivity index (χ1) is 10.3. The molecule has 0 aliphatic heterocycles. The Kier molecular flexibility index (Phi) is 4.71. The molecule has 3 atom stereocenters. The first kappa shape index (κ1) is 14.7. The number of hydrogen-bond acceptors (Lipinski definition) is 2. The van der Waals surface area contributed by atoms with E-state index in [2.05, 4.69) is 69.6 Å². The van der Waals surface area contributed by atoms with Crippen molar-refractivity contribution in [3.05, 3.63) is 64.4 Å². The number of aromatic nitrogens is 1. The van der Waals surface area contributed by atoms with Gasteiger partial charge in [0.1, 0.15) is 0 Å². The van der Waals surface area contributed by atoms with Crippen LogP contribution in [0.15, 0.2) is 53.1 Å². The van der Waals surface area contributed by atoms with E-state index in [4.69, 9.17) is 0 Å². The Labute approximate surface area is 135 Å². The molecular formula is C18H21BrN2. The second-order valence-electron chi connectivity index (χ2n) is 5.72. The van der Waals surface area contributed by atoms with Crippen LogP contribution in [0.4, 0.5) is 0 Å². The van der Waals surface area contributed by atoms with Crippen molar-refractivity contribution < 1.29 is 0 Å². The molecular weight excluding hydrogens is 324 g/mol. The lowest BCUT2D eigenvalue weighted by Gasteiger charge is -2.19. The largest absolute Gasteiger partial charge is 0.308 e. The quantitative estimate of drug-likeness (QED) is 0.822. The van der Waals surface area contributed by atoms with Crippen molar-refractivity contribution in [3.63, 3.8) is 0 Å². The molecule has 3 unspecified atom stereocenters. The maximum atomic E-state index is 4.61. The van der Waals surface area contributed by atoms with Gasteiger partial charge < -0.3 is 5.32 Å². The normalized spacial score (nSPS) is 22.0. The van der Waals surface area contributed by atoms with Crippen LogP contribution < -0.4 is 5.32 Å². The summed E-state index contributed by atoms with van der Waals surface area (Å²) in [4.78, 5) is 4.61. The topological polar surface area (TPSA) is 24.9 Å². The third-order valence-electron chi connectivity index (χ3n) is 4.19. The van der Waals surface area contributed by atoms with Gasteiger partial charge in [-0.2, -0.15) is 0 Å². The third-order valence-corrected chi connectivity index (χ3v) is 4.86. The molecule has 1 heterocycles. The van der Waals surface area contributed by atoms with Crippen molar-refractivity contribution in [3.8, 4) is 0 Å². The molecule has 0 spiro atoms. The average Bonchev–Trinajstić information content (AvgIpc) is 3.31. The van der Waals surface area contributed by atoms with Crippen LogP contribution in [0.3, 0.4) is 0 Å². The van der Waals surface area contributed by atoms with E-state index in [9.17, 15) is 0 Å². The fraction of sp³-hybridized carbons (Fsp3) is 0.389. The fourth-order valence-electron chi connectivity index (χ4n) is 3.04. The maximum Gasteiger partial charge on any atom is 0.0717 e. The molecule has 1 aromatic heterocycles. The monoisotopic (exact) mass is 344 g/mol. The lowest BCUT2D eigenvalue weighted by atomic mass is 10.0. The molecule has 3 heteroatoms. The van der Waals surface area contributed by atoms with E-state index >= 15 is 0 Å². The highest BCUT2D eigenvalue weighted by molar-refractivity contribution is 9.10. The van der Waals surface area contributed by atoms with E-state index in [0.29, 0.717) is 17.9 Å². The van der Waals surface area contributed by atoms with Crippen LogP contribution in [-0.4, -0.2) is 11.5 Å². The van der Waals surface area contributed by atoms with Crippen LogP contribution in [0.5, 0.6) is 0 Å². The van der Waals surface area contributed by atoms with Crippen LogP contribution in [0.25, 0.3) is 0 Å². The summed E-state index contributed by atoms with van der Waals surface area (Å²) in [6, 6.07) is 15.2. The summed E-state index contributed by atoms with van der Waals surface area (Å²) >= 11 is 3.66. The van der Waals surface area contributed by atoms with Gasteiger partial charge in [0.05, 0.1) is 11.7 Å². The lowest BCUT2D eigenvalue weighted by molar-refractivity contribution is 0.461. The number of hydrogen-bond donors (Lipinski definition) is 1. The highest BCUT2D eigenvalue weighted by Crippen LogP contribution is 2.54. The molecule has 0 bridgehead atoms. The molecule has 1 aromatic carbocycles. The predicted octanol–water partition coefficient (Wildman–Crippen LogP) is 4.69. The minimum atomic E-state index is 0.339. The van der Waals surface area contributed by atoms with Crippen molar-refractivity contribution in [1.82, 2.24) is 10.3 Å². The van der Waals surface area contributed by atoms with Crippen molar-refractivity contribution in [2.45, 2.75) is 31.7 Å². The lowest BCUT2D eigenvalue weighted by Crippen LogP contribution is -2.25. The molecule has 3 rings (SSSR count). The molecule has 2 nitrogen and oxygen atoms in total. The Morgan fingerprint density at radius 1 is 1.24 bits per heavy atom. The highest BCUT2D eigenvalue weighted by Gasteiger charge is 2.45. The number of pyridine rings is 1. The summed E-state index contributed by atoms with van der Waals surface area (Å²) in [7, 11) is 0. The molecule has 0 saturated heterocycles. The van der Waals surface area contributed by atoms with Gasteiger partial charge in [-0.1, -0.05) is 37.3 Å². The van der Waals surface area contributed by atoms with E-state index in [0.717, 1.165) is 23.1 Å². The van der Waals surface area contributed by atoms with Crippen molar-refractivity contribution in [2.24, 2.45) is 5.92 Å². The van der Waals surface area contributed by atoms with Gasteiger partial charge >= 0.3 is 0 Å². The molecule has 1 aliphatic carbocycles. The zero-order chi connectivity index (χ0) is 14.7. The van der Waals surface area contributed by atoms with Gasteiger partial charge in [-0.3, -0.25) is 4.98 Å². The molecule has 1 aliphatic rings. The van der Waals surface area contributed by atoms with E-state index in [-0.39, 0.29) is 0 Å². The maximum absolute atomic E-state index is 4.61. The predicted molar refractivity (Wildman–Crippen MR) is 90.3 cm³/mol. The molecule has 110 valence electrons. The minimum absolute atomic E-state index is 0.339. The summed E-state index contributed by atoms with van der Waals surface area (Å²) in [5, 5.41) is 3.70. The first-order valence-corrected chi connectivity index (χ1v) is 8.49. The smallest absolute Gasteiger partial charge is 0.0717 e. The third kappa shape index (κ3) is 3.35. The van der Waals surface area contributed by atoms with Crippen molar-refractivity contribution in [2.75, 3.05) is 6.54 Å². The van der Waals surface area contributed by atoms with Crippen LogP contribution in [0.1, 0.15) is 43.0 Å². The van der Waals surface area contributed by atoms with E-state index in [1.165, 1.54) is 12.0 Å². The zero-order valence-corrected chi connectivity index (χ0v) is 13.9. The Bertz CT molecular complexity index is 585. The summed E-state index contributed by atoms with van der Waals surface area (Å²) < 4.78 is 1.11. The van der Waals surface area contributed by atoms with Gasteiger partial charge in [-0.25, -0.2) is 0 Å². The van der Waals surface area contributed by atoms with Gasteiger partial charge in [0, 0.05) is 10.7 Å². The summed E-state index contributed by atoms with van der Waals surface area (Å²) in [6.07, 6.45) is 4.28. The van der Waals surface area contributed by atoms with Gasteiger partial charge in [0.25, 0.3) is 0 Å². The second kappa shape index (κ2) is 6.71. The van der Waals surface area contributed by atoms with Gasteiger partial charge in [-0.05, 0) is 64.8 Å². The number of nitrogens with one attached hydrogen (secondary N) is 1. The Morgan fingerprint density at radius 2 is 2.05 bits per heavy atom. The minimum Gasteiger partial charge on any atom is -0.308 e. The van der Waals surface area contributed by atoms with Crippen LogP contribution in [0, 0.1) is 5.92 Å². The van der Waals surface area contributed by atoms with Crippen LogP contribution >= 0.6 is 15.9 Å². The van der Waals surface area contributed by atoms with Gasteiger partial charge in [-0.15, -0.1) is 0 Å². The molecule has 1 saturated carbocycles. The van der Waals surface area contributed by atoms with Crippen LogP contribution in [0.2, 0.25) is 0 Å². The first-order valence-electron chi connectivity index (χ1n) is 7.70. The number of benzene rings is 1. The molecule has 2 aromatic rings. The SMILES string of the molecule is CCCNC(c1ncccc1Br)C1CC1c1ccccc1. The second-order valence-corrected chi connectivity index (χ2v) is 6.57. The summed E-state index contributed by atoms with van der Waals surface area (Å²) in [5.74, 6) is 1.31. The summed E-state index contributed by atoms with van der Waals surface area (Å²) in [5.41, 5.74) is 2.60. The summed E-state index contributed by atoms with van der Waals surface area (Å²) in [6.45, 7) is 3.24. The molecule has 0 radical (unpaired) electrons. The van der Waals surface area contributed by atoms with E-state index in [1.807, 2.05) is 12.3 Å². The number of nitrogens with zero attached hydrogens (tertiary/aromatic N) is 1. The zero-order valence-electron chi connectivity index (χ0n) is 12.3. The average molecular weight is 345 g/mol. The molecule has 1 fully saturated rings. The Morgan fingerprint density at radius 3 is 2.76 bits per heavy atom.